The third-order valence-corrected chi connectivity index (χ3v) is 5.20. The van der Waals surface area contributed by atoms with Gasteiger partial charge in [0.2, 0.25) is 0 Å². The van der Waals surface area contributed by atoms with Crippen molar-refractivity contribution in [2.24, 2.45) is 5.41 Å². The summed E-state index contributed by atoms with van der Waals surface area (Å²) in [6.07, 6.45) is -0.573. The second-order valence-corrected chi connectivity index (χ2v) is 8.25. The van der Waals surface area contributed by atoms with Crippen LogP contribution < -0.4 is 11.1 Å². The highest BCUT2D eigenvalue weighted by molar-refractivity contribution is 5.79. The lowest BCUT2D eigenvalue weighted by molar-refractivity contribution is 0.127. The quantitative estimate of drug-likeness (QED) is 0.699. The van der Waals surface area contributed by atoms with Crippen LogP contribution in [-0.4, -0.2) is 22.8 Å². The smallest absolute Gasteiger partial charge is 0.438 e. The van der Waals surface area contributed by atoms with Crippen LogP contribution in [0.4, 0.5) is 4.79 Å². The van der Waals surface area contributed by atoms with E-state index in [1.807, 2.05) is 45.0 Å². The third-order valence-electron chi connectivity index (χ3n) is 5.20. The first-order valence-corrected chi connectivity index (χ1v) is 9.52. The molecule has 4 rings (SSSR count). The maximum atomic E-state index is 12.6. The fourth-order valence-corrected chi connectivity index (χ4v) is 3.82. The van der Waals surface area contributed by atoms with E-state index in [2.05, 4.69) is 44.2 Å². The molecule has 1 heterocycles. The van der Waals surface area contributed by atoms with E-state index < -0.39 is 23.3 Å². The van der Waals surface area contributed by atoms with Gasteiger partial charge in [-0.2, -0.15) is 0 Å². The molecule has 0 bridgehead atoms. The first kappa shape index (κ1) is 19.0. The molecule has 1 aliphatic rings. The van der Waals surface area contributed by atoms with Gasteiger partial charge in [0.1, 0.15) is 6.61 Å². The Balaban J connectivity index is 1.50. The number of H-pyrrole nitrogens is 1. The molecular weight excluding hydrogens is 370 g/mol. The Morgan fingerprint density at radius 1 is 1.14 bits per heavy atom. The van der Waals surface area contributed by atoms with Crippen LogP contribution in [0.2, 0.25) is 0 Å². The van der Waals surface area contributed by atoms with E-state index in [0.717, 1.165) is 11.1 Å². The number of hydrogen-bond donors (Lipinski definition) is 2. The molecule has 1 atom stereocenters. The van der Waals surface area contributed by atoms with Gasteiger partial charge in [0.25, 0.3) is 0 Å². The summed E-state index contributed by atoms with van der Waals surface area (Å²) in [7, 11) is 0. The molecule has 0 saturated heterocycles. The normalized spacial score (nSPS) is 14.2. The zero-order valence-electron chi connectivity index (χ0n) is 16.6. The molecular formula is C22H23N3O4. The highest BCUT2D eigenvalue weighted by Crippen LogP contribution is 2.44. The number of hydrogen-bond acceptors (Lipinski definition) is 5. The van der Waals surface area contributed by atoms with Crippen LogP contribution in [0.5, 0.6) is 0 Å². The van der Waals surface area contributed by atoms with E-state index in [4.69, 9.17) is 4.74 Å². The number of rotatable bonds is 4. The maximum Gasteiger partial charge on any atom is 0.438 e. The summed E-state index contributed by atoms with van der Waals surface area (Å²) >= 11 is 0. The van der Waals surface area contributed by atoms with Gasteiger partial charge in [-0.15, -0.1) is 0 Å². The summed E-state index contributed by atoms with van der Waals surface area (Å²) in [5.74, 6) is -0.423. The van der Waals surface area contributed by atoms with E-state index in [1.165, 1.54) is 11.1 Å². The highest BCUT2D eigenvalue weighted by atomic mass is 16.5. The van der Waals surface area contributed by atoms with Crippen LogP contribution in [-0.2, 0) is 4.74 Å². The molecule has 0 fully saturated rings. The summed E-state index contributed by atoms with van der Waals surface area (Å²) in [5, 5.41) is 6.52. The minimum atomic E-state index is -0.663. The van der Waals surface area contributed by atoms with Gasteiger partial charge in [-0.25, -0.2) is 9.59 Å². The minimum Gasteiger partial charge on any atom is -0.449 e. The average Bonchev–Trinajstić information content (AvgIpc) is 3.25. The Kier molecular flexibility index (Phi) is 4.74. The zero-order chi connectivity index (χ0) is 20.6. The molecule has 0 aliphatic heterocycles. The van der Waals surface area contributed by atoms with Crippen molar-refractivity contribution < 1.29 is 14.1 Å². The third kappa shape index (κ3) is 3.68. The second-order valence-electron chi connectivity index (χ2n) is 8.25. The number of carbonyl (C=O) groups is 1. The van der Waals surface area contributed by atoms with Crippen molar-refractivity contribution in [2.75, 3.05) is 6.61 Å². The monoisotopic (exact) mass is 393 g/mol. The molecule has 1 aliphatic carbocycles. The topological polar surface area (TPSA) is 97.2 Å². The fourth-order valence-electron chi connectivity index (χ4n) is 3.82. The minimum absolute atomic E-state index is 0.0203. The van der Waals surface area contributed by atoms with Gasteiger partial charge in [0.15, 0.2) is 5.82 Å². The van der Waals surface area contributed by atoms with Gasteiger partial charge < -0.3 is 10.1 Å². The van der Waals surface area contributed by atoms with E-state index in [9.17, 15) is 9.59 Å². The van der Waals surface area contributed by atoms with Crippen molar-refractivity contribution in [1.29, 1.82) is 0 Å². The van der Waals surface area contributed by atoms with Gasteiger partial charge in [-0.05, 0) is 27.7 Å². The lowest BCUT2D eigenvalue weighted by atomic mass is 9.86. The molecule has 2 aromatic carbocycles. The van der Waals surface area contributed by atoms with E-state index in [1.54, 1.807) is 0 Å². The van der Waals surface area contributed by atoms with Gasteiger partial charge in [0, 0.05) is 5.92 Å². The van der Waals surface area contributed by atoms with Crippen molar-refractivity contribution in [1.82, 2.24) is 15.5 Å². The summed E-state index contributed by atoms with van der Waals surface area (Å²) in [6, 6.07) is 15.8. The number of ether oxygens (including phenoxy) is 1. The summed E-state index contributed by atoms with van der Waals surface area (Å²) in [6.45, 7) is 5.99. The number of alkyl carbamates (subject to hydrolysis) is 1. The predicted octanol–water partition coefficient (Wildman–Crippen LogP) is 3.99. The van der Waals surface area contributed by atoms with Crippen LogP contribution in [0.25, 0.3) is 11.1 Å². The first-order chi connectivity index (χ1) is 13.8. The molecule has 0 radical (unpaired) electrons. The largest absolute Gasteiger partial charge is 0.449 e. The molecule has 150 valence electrons. The Morgan fingerprint density at radius 2 is 1.72 bits per heavy atom. The van der Waals surface area contributed by atoms with Crippen LogP contribution in [0.15, 0.2) is 57.8 Å². The van der Waals surface area contributed by atoms with Crippen molar-refractivity contribution in [3.63, 3.8) is 0 Å². The first-order valence-electron chi connectivity index (χ1n) is 9.52. The van der Waals surface area contributed by atoms with Crippen molar-refractivity contribution >= 4 is 6.09 Å². The fraction of sp³-hybridized carbons (Fsp3) is 0.318. The van der Waals surface area contributed by atoms with Gasteiger partial charge >= 0.3 is 11.8 Å². The Bertz CT molecular complexity index is 1050. The number of aromatic amines is 1. The number of aromatic nitrogens is 2. The second kappa shape index (κ2) is 7.24. The Hall–Kier alpha value is -3.35. The number of carbonyl (C=O) groups excluding carboxylic acids is 1. The highest BCUT2D eigenvalue weighted by Gasteiger charge is 2.33. The van der Waals surface area contributed by atoms with Crippen molar-refractivity contribution in [3.8, 4) is 11.1 Å². The molecule has 0 saturated carbocycles. The Morgan fingerprint density at radius 3 is 2.24 bits per heavy atom. The molecule has 3 aromatic rings. The predicted molar refractivity (Wildman–Crippen MR) is 108 cm³/mol. The average molecular weight is 393 g/mol. The number of benzene rings is 2. The molecule has 7 heteroatoms. The molecule has 1 unspecified atom stereocenters. The lowest BCUT2D eigenvalue weighted by Gasteiger charge is -2.28. The SMILES string of the molecule is CC(C)(C)C(NC(=O)OCC1c2ccccc2-c2ccccc21)c1noc(=O)[nH]1. The maximum absolute atomic E-state index is 12.6. The molecule has 1 aromatic heterocycles. The van der Waals surface area contributed by atoms with Gasteiger partial charge in [-0.1, -0.05) is 74.5 Å². The van der Waals surface area contributed by atoms with Crippen LogP contribution in [0, 0.1) is 5.41 Å². The van der Waals surface area contributed by atoms with Gasteiger partial charge in [-0.3, -0.25) is 9.51 Å². The number of fused-ring (bicyclic) bond motifs is 3. The number of nitrogens with one attached hydrogen (secondary N) is 2. The van der Waals surface area contributed by atoms with Gasteiger partial charge in [0.05, 0.1) is 6.04 Å². The van der Waals surface area contributed by atoms with Crippen molar-refractivity contribution in [2.45, 2.75) is 32.7 Å². The summed E-state index contributed by atoms with van der Waals surface area (Å²) in [4.78, 5) is 26.4. The molecule has 1 amide bonds. The standard InChI is InChI=1S/C22H23N3O4/c1-22(2,3)18(19-24-21(27)29-25-19)23-20(26)28-12-17-15-10-6-4-8-13(15)14-9-5-7-11-16(14)17/h4-11,17-18H,12H2,1-3H3,(H,23,26)(H,24,25,27). The summed E-state index contributed by atoms with van der Waals surface area (Å²) < 4.78 is 10.2. The molecule has 29 heavy (non-hydrogen) atoms. The lowest BCUT2D eigenvalue weighted by Crippen LogP contribution is -2.38. The molecule has 7 nitrogen and oxygen atoms in total. The molecule has 2 N–H and O–H groups in total. The number of nitrogens with zero attached hydrogens (tertiary/aromatic N) is 1. The van der Waals surface area contributed by atoms with Crippen LogP contribution >= 0.6 is 0 Å². The van der Waals surface area contributed by atoms with E-state index in [0.29, 0.717) is 0 Å². The van der Waals surface area contributed by atoms with E-state index >= 15 is 0 Å². The Labute approximate surface area is 168 Å². The van der Waals surface area contributed by atoms with E-state index in [-0.39, 0.29) is 18.3 Å². The number of amides is 1. The zero-order valence-corrected chi connectivity index (χ0v) is 16.6. The summed E-state index contributed by atoms with van der Waals surface area (Å²) in [5.41, 5.74) is 4.23. The van der Waals surface area contributed by atoms with Crippen LogP contribution in [0.1, 0.15) is 49.7 Å². The van der Waals surface area contributed by atoms with Crippen molar-refractivity contribution in [3.05, 3.63) is 76.0 Å². The molecule has 0 spiro atoms. The van der Waals surface area contributed by atoms with Crippen LogP contribution in [0.3, 0.4) is 0 Å².